The predicted molar refractivity (Wildman–Crippen MR) is 51.5 cm³/mol. The van der Waals surface area contributed by atoms with Gasteiger partial charge in [0, 0.05) is 8.55 Å². The Morgan fingerprint density at radius 2 is 1.88 bits per heavy atom. The molecular formula is C3H16OSi4. The van der Waals surface area contributed by atoms with Gasteiger partial charge in [-0.05, 0) is 29.4 Å². The summed E-state index contributed by atoms with van der Waals surface area (Å²) in [5, 5.41) is 0. The highest BCUT2D eigenvalue weighted by atomic mass is 29.5. The third kappa shape index (κ3) is 6.83. The van der Waals surface area contributed by atoms with Gasteiger partial charge in [0.15, 0.2) is 8.32 Å². The van der Waals surface area contributed by atoms with Crippen LogP contribution in [0.5, 0.6) is 0 Å². The van der Waals surface area contributed by atoms with Crippen molar-refractivity contribution in [2.45, 2.75) is 19.6 Å². The van der Waals surface area contributed by atoms with Gasteiger partial charge in [-0.2, -0.15) is 0 Å². The molecule has 0 bridgehead atoms. The van der Waals surface area contributed by atoms with Gasteiger partial charge in [0.2, 0.25) is 0 Å². The van der Waals surface area contributed by atoms with Crippen LogP contribution in [0, 0.1) is 0 Å². The average molecular weight is 181 g/mol. The molecule has 0 aromatic heterocycles. The Balaban J connectivity index is 3.11. The second-order valence-corrected chi connectivity index (χ2v) is 23.0. The van der Waals surface area contributed by atoms with Crippen LogP contribution in [0.2, 0.25) is 19.6 Å². The minimum Gasteiger partial charge on any atom is -0.464 e. The van der Waals surface area contributed by atoms with Crippen LogP contribution in [0.25, 0.3) is 0 Å². The van der Waals surface area contributed by atoms with E-state index in [0.29, 0.717) is 8.55 Å². The van der Waals surface area contributed by atoms with Gasteiger partial charge in [0.05, 0.1) is 0 Å². The number of hydrogen-bond acceptors (Lipinski definition) is 1. The summed E-state index contributed by atoms with van der Waals surface area (Å²) in [6.45, 7) is 6.85. The van der Waals surface area contributed by atoms with E-state index < -0.39 is 8.32 Å². The Hall–Kier alpha value is 0.828. The lowest BCUT2D eigenvalue weighted by Crippen LogP contribution is -2.29. The molecule has 5 heteroatoms. The first-order valence-electron chi connectivity index (χ1n) is 3.20. The smallest absolute Gasteiger partial charge is 0.169 e. The molecule has 0 fully saturated rings. The molecule has 0 amide bonds. The van der Waals surface area contributed by atoms with Crippen LogP contribution in [-0.4, -0.2) is 35.9 Å². The van der Waals surface area contributed by atoms with E-state index >= 15 is 0 Å². The molecule has 0 spiro atoms. The van der Waals surface area contributed by atoms with Crippen molar-refractivity contribution in [2.75, 3.05) is 0 Å². The zero-order valence-corrected chi connectivity index (χ0v) is 12.2. The largest absolute Gasteiger partial charge is 0.464 e. The van der Waals surface area contributed by atoms with Crippen molar-refractivity contribution >= 4 is 35.9 Å². The standard InChI is InChI=1S/C3H16OSi4/c1-8(2,3)4-6-7-5/h6-7H2,1-3,5H3. The lowest BCUT2D eigenvalue weighted by molar-refractivity contribution is 0.613. The molecule has 0 aromatic carbocycles. The van der Waals surface area contributed by atoms with E-state index in [2.05, 4.69) is 19.6 Å². The van der Waals surface area contributed by atoms with Crippen molar-refractivity contribution in [3.8, 4) is 0 Å². The summed E-state index contributed by atoms with van der Waals surface area (Å²) in [5.41, 5.74) is 0. The molecule has 0 saturated heterocycles. The van der Waals surface area contributed by atoms with E-state index in [1.165, 1.54) is 9.76 Å². The molecule has 0 unspecified atom stereocenters. The van der Waals surface area contributed by atoms with Gasteiger partial charge in [-0.15, -0.1) is 0 Å². The fourth-order valence-corrected chi connectivity index (χ4v) is 16.5. The summed E-state index contributed by atoms with van der Waals surface area (Å²) in [7, 11) is 0.925. The SMILES string of the molecule is C[Si](C)(C)O[SiH2][SiH2][SiH3]. The first kappa shape index (κ1) is 8.83. The first-order valence-corrected chi connectivity index (χ1v) is 16.8. The highest BCUT2D eigenvalue weighted by Gasteiger charge is 2.11. The fraction of sp³-hybridized carbons (Fsp3) is 1.00. The monoisotopic (exact) mass is 180 g/mol. The zero-order valence-electron chi connectivity index (χ0n) is 6.32. The van der Waals surface area contributed by atoms with Gasteiger partial charge >= 0.3 is 0 Å². The maximum absolute atomic E-state index is 5.75. The van der Waals surface area contributed by atoms with Crippen molar-refractivity contribution in [1.82, 2.24) is 0 Å². The van der Waals surface area contributed by atoms with Crippen LogP contribution in [0.4, 0.5) is 0 Å². The number of hydrogen-bond donors (Lipinski definition) is 0. The molecule has 0 aromatic rings. The van der Waals surface area contributed by atoms with Crippen molar-refractivity contribution in [2.24, 2.45) is 0 Å². The summed E-state index contributed by atoms with van der Waals surface area (Å²) in [6, 6.07) is 0. The van der Waals surface area contributed by atoms with E-state index in [1.807, 2.05) is 0 Å². The summed E-state index contributed by atoms with van der Waals surface area (Å²) >= 11 is 0. The lowest BCUT2D eigenvalue weighted by Gasteiger charge is -2.16. The van der Waals surface area contributed by atoms with E-state index in [0.717, 1.165) is 0 Å². The van der Waals surface area contributed by atoms with Crippen LogP contribution in [0.15, 0.2) is 0 Å². The Morgan fingerprint density at radius 1 is 1.38 bits per heavy atom. The first-order chi connectivity index (χ1) is 3.56. The van der Waals surface area contributed by atoms with Crippen LogP contribution < -0.4 is 0 Å². The quantitative estimate of drug-likeness (QED) is 0.470. The molecule has 0 aliphatic heterocycles. The van der Waals surface area contributed by atoms with Crippen LogP contribution >= 0.6 is 0 Å². The average Bonchev–Trinajstić information content (AvgIpc) is 1.59. The van der Waals surface area contributed by atoms with Gasteiger partial charge in [0.25, 0.3) is 0 Å². The molecule has 1 nitrogen and oxygen atoms in total. The maximum Gasteiger partial charge on any atom is 0.169 e. The second-order valence-electron chi connectivity index (χ2n) is 2.96. The van der Waals surface area contributed by atoms with Crippen molar-refractivity contribution in [1.29, 1.82) is 0 Å². The predicted octanol–water partition coefficient (Wildman–Crippen LogP) is -1.71. The highest BCUT2D eigenvalue weighted by Crippen LogP contribution is 1.98. The molecule has 0 aliphatic rings. The lowest BCUT2D eigenvalue weighted by atomic mass is 11.8. The van der Waals surface area contributed by atoms with Gasteiger partial charge in [-0.25, -0.2) is 0 Å². The Morgan fingerprint density at radius 3 is 2.00 bits per heavy atom. The summed E-state index contributed by atoms with van der Waals surface area (Å²) in [4.78, 5) is 0. The molecule has 0 rings (SSSR count). The van der Waals surface area contributed by atoms with E-state index in [4.69, 9.17) is 4.12 Å². The summed E-state index contributed by atoms with van der Waals surface area (Å²) in [6.07, 6.45) is 0. The van der Waals surface area contributed by atoms with Crippen LogP contribution in [-0.2, 0) is 4.12 Å². The third-order valence-corrected chi connectivity index (χ3v) is 12.2. The fourth-order valence-electron chi connectivity index (χ4n) is 0.408. The highest BCUT2D eigenvalue weighted by molar-refractivity contribution is 7.23. The van der Waals surface area contributed by atoms with Crippen molar-refractivity contribution < 1.29 is 4.12 Å². The second kappa shape index (κ2) is 3.78. The molecule has 8 heavy (non-hydrogen) atoms. The summed E-state index contributed by atoms with van der Waals surface area (Å²) in [5.74, 6) is 0. The summed E-state index contributed by atoms with van der Waals surface area (Å²) < 4.78 is 5.75. The third-order valence-electron chi connectivity index (χ3n) is 0.739. The molecule has 0 atom stereocenters. The van der Waals surface area contributed by atoms with Crippen LogP contribution in [0.3, 0.4) is 0 Å². The van der Waals surface area contributed by atoms with E-state index in [9.17, 15) is 0 Å². The minimum absolute atomic E-state index is 0.0799. The van der Waals surface area contributed by atoms with Crippen molar-refractivity contribution in [3.63, 3.8) is 0 Å². The molecule has 0 radical (unpaired) electrons. The maximum atomic E-state index is 5.75. The minimum atomic E-state index is -1.06. The normalized spacial score (nSPS) is 15.4. The van der Waals surface area contributed by atoms with Crippen LogP contribution in [0.1, 0.15) is 0 Å². The molecular weight excluding hydrogens is 164 g/mol. The van der Waals surface area contributed by atoms with E-state index in [-0.39, 0.29) is 9.28 Å². The topological polar surface area (TPSA) is 9.23 Å². The molecule has 0 aliphatic carbocycles. The van der Waals surface area contributed by atoms with Gasteiger partial charge in [-0.3, -0.25) is 0 Å². The van der Waals surface area contributed by atoms with E-state index in [1.54, 1.807) is 0 Å². The molecule has 0 heterocycles. The van der Waals surface area contributed by atoms with Gasteiger partial charge in [0.1, 0.15) is 9.28 Å². The Bertz CT molecular complexity index is 58.8. The zero-order chi connectivity index (χ0) is 6.62. The van der Waals surface area contributed by atoms with Gasteiger partial charge in [-0.1, -0.05) is 0 Å². The molecule has 50 valence electrons. The van der Waals surface area contributed by atoms with Crippen molar-refractivity contribution in [3.05, 3.63) is 0 Å². The Labute approximate surface area is 60.1 Å². The Kier molecular flexibility index (Phi) is 4.17. The molecule has 0 N–H and O–H groups in total. The molecule has 0 saturated carbocycles. The van der Waals surface area contributed by atoms with Gasteiger partial charge < -0.3 is 4.12 Å². The number of rotatable bonds is 3.